The quantitative estimate of drug-likeness (QED) is 0.825. The molecule has 0 aromatic heterocycles. The Morgan fingerprint density at radius 3 is 2.62 bits per heavy atom. The molecule has 0 aromatic carbocycles. The number of carboxylic acids is 1. The molecule has 1 saturated carbocycles. The van der Waals surface area contributed by atoms with Gasteiger partial charge in [-0.15, -0.1) is 0 Å². The lowest BCUT2D eigenvalue weighted by Crippen LogP contribution is -2.48. The lowest BCUT2D eigenvalue weighted by atomic mass is 9.75. The first-order valence-corrected chi connectivity index (χ1v) is 9.24. The van der Waals surface area contributed by atoms with Crippen LogP contribution in [0.3, 0.4) is 0 Å². The average Bonchev–Trinajstić information content (AvgIpc) is 2.71. The van der Waals surface area contributed by atoms with Crippen LogP contribution in [0.4, 0.5) is 4.79 Å². The third-order valence-corrected chi connectivity index (χ3v) is 5.53. The van der Waals surface area contributed by atoms with E-state index in [1.165, 1.54) is 12.8 Å². The van der Waals surface area contributed by atoms with Crippen molar-refractivity contribution in [1.29, 1.82) is 0 Å². The normalized spacial score (nSPS) is 27.6. The van der Waals surface area contributed by atoms with E-state index < -0.39 is 5.97 Å². The van der Waals surface area contributed by atoms with Gasteiger partial charge in [-0.3, -0.25) is 9.69 Å². The molecule has 0 radical (unpaired) electrons. The molecule has 2 rings (SSSR count). The highest BCUT2D eigenvalue weighted by Crippen LogP contribution is 2.35. The first-order valence-electron chi connectivity index (χ1n) is 9.24. The maximum absolute atomic E-state index is 12.6. The molecule has 2 N–H and O–H groups in total. The Morgan fingerprint density at radius 2 is 1.96 bits per heavy atom. The minimum Gasteiger partial charge on any atom is -0.480 e. The van der Waals surface area contributed by atoms with E-state index in [-0.39, 0.29) is 24.7 Å². The molecule has 2 fully saturated rings. The Bertz CT molecular complexity index is 453. The summed E-state index contributed by atoms with van der Waals surface area (Å²) < 4.78 is 0. The van der Waals surface area contributed by atoms with E-state index in [1.807, 2.05) is 16.8 Å². The van der Waals surface area contributed by atoms with Crippen LogP contribution in [0, 0.1) is 5.41 Å². The molecule has 2 aliphatic rings. The van der Waals surface area contributed by atoms with Gasteiger partial charge in [-0.25, -0.2) is 4.79 Å². The zero-order valence-electron chi connectivity index (χ0n) is 15.4. The lowest BCUT2D eigenvalue weighted by Gasteiger charge is -2.36. The molecule has 2 atom stereocenters. The number of rotatable bonds is 4. The SMILES string of the molecule is CN(CC(=O)O)C1CCCN(C(=O)NC2CCCC(C)(C)C2)CC1. The van der Waals surface area contributed by atoms with Crippen molar-refractivity contribution in [2.24, 2.45) is 5.41 Å². The van der Waals surface area contributed by atoms with E-state index >= 15 is 0 Å². The third-order valence-electron chi connectivity index (χ3n) is 5.53. The number of nitrogens with one attached hydrogen (secondary N) is 1. The average molecular weight is 339 g/mol. The summed E-state index contributed by atoms with van der Waals surface area (Å²) in [6.45, 7) is 6.09. The van der Waals surface area contributed by atoms with Crippen LogP contribution < -0.4 is 5.32 Å². The van der Waals surface area contributed by atoms with Crippen molar-refractivity contribution in [3.63, 3.8) is 0 Å². The minimum absolute atomic E-state index is 0.0548. The minimum atomic E-state index is -0.795. The Hall–Kier alpha value is -1.30. The third kappa shape index (κ3) is 5.65. The molecule has 6 heteroatoms. The van der Waals surface area contributed by atoms with Gasteiger partial charge >= 0.3 is 12.0 Å². The standard InChI is InChI=1S/C18H33N3O3/c1-18(2)9-4-6-14(12-18)19-17(24)21-10-5-7-15(8-11-21)20(3)13-16(22)23/h14-15H,4-13H2,1-3H3,(H,19,24)(H,22,23). The van der Waals surface area contributed by atoms with Crippen LogP contribution in [0.2, 0.25) is 0 Å². The number of urea groups is 1. The predicted octanol–water partition coefficient (Wildman–Crippen LogP) is 2.54. The lowest BCUT2D eigenvalue weighted by molar-refractivity contribution is -0.138. The summed E-state index contributed by atoms with van der Waals surface area (Å²) in [4.78, 5) is 27.3. The fourth-order valence-corrected chi connectivity index (χ4v) is 4.15. The van der Waals surface area contributed by atoms with Gasteiger partial charge in [0.1, 0.15) is 0 Å². The molecule has 6 nitrogen and oxygen atoms in total. The number of likely N-dealkylation sites (N-methyl/N-ethyl adjacent to an activating group) is 1. The monoisotopic (exact) mass is 339 g/mol. The predicted molar refractivity (Wildman–Crippen MR) is 94.0 cm³/mol. The van der Waals surface area contributed by atoms with Gasteiger partial charge in [0.2, 0.25) is 0 Å². The van der Waals surface area contributed by atoms with Crippen LogP contribution in [-0.4, -0.2) is 65.7 Å². The topological polar surface area (TPSA) is 72.9 Å². The van der Waals surface area contributed by atoms with Crippen LogP contribution in [0.15, 0.2) is 0 Å². The molecular weight excluding hydrogens is 306 g/mol. The Morgan fingerprint density at radius 1 is 1.21 bits per heavy atom. The van der Waals surface area contributed by atoms with Crippen molar-refractivity contribution in [2.45, 2.75) is 70.9 Å². The summed E-state index contributed by atoms with van der Waals surface area (Å²) >= 11 is 0. The Labute approximate surface area is 145 Å². The summed E-state index contributed by atoms with van der Waals surface area (Å²) in [5.41, 5.74) is 0.319. The van der Waals surface area contributed by atoms with Gasteiger partial charge in [0, 0.05) is 25.2 Å². The summed E-state index contributed by atoms with van der Waals surface area (Å²) in [6, 6.07) is 0.585. The van der Waals surface area contributed by atoms with Crippen molar-refractivity contribution >= 4 is 12.0 Å². The number of carboxylic acid groups (broad SMARTS) is 1. The molecule has 2 unspecified atom stereocenters. The van der Waals surface area contributed by atoms with E-state index in [1.54, 1.807) is 0 Å². The zero-order chi connectivity index (χ0) is 17.7. The highest BCUT2D eigenvalue weighted by Gasteiger charge is 2.30. The fraction of sp³-hybridized carbons (Fsp3) is 0.889. The van der Waals surface area contributed by atoms with Crippen molar-refractivity contribution in [3.8, 4) is 0 Å². The van der Waals surface area contributed by atoms with E-state index in [4.69, 9.17) is 5.11 Å². The van der Waals surface area contributed by atoms with Gasteiger partial charge in [-0.2, -0.15) is 0 Å². The second-order valence-corrected chi connectivity index (χ2v) is 8.29. The molecule has 0 spiro atoms. The number of aliphatic carboxylic acids is 1. The number of nitrogens with zero attached hydrogens (tertiary/aromatic N) is 2. The van der Waals surface area contributed by atoms with Crippen molar-refractivity contribution in [2.75, 3.05) is 26.7 Å². The molecule has 1 saturated heterocycles. The maximum atomic E-state index is 12.6. The summed E-state index contributed by atoms with van der Waals surface area (Å²) in [5.74, 6) is -0.795. The van der Waals surface area contributed by atoms with Gasteiger partial charge < -0.3 is 15.3 Å². The summed E-state index contributed by atoms with van der Waals surface area (Å²) in [5, 5.41) is 12.2. The molecule has 1 aliphatic heterocycles. The highest BCUT2D eigenvalue weighted by molar-refractivity contribution is 5.74. The van der Waals surface area contributed by atoms with Crippen LogP contribution in [0.1, 0.15) is 58.8 Å². The zero-order valence-corrected chi connectivity index (χ0v) is 15.4. The van der Waals surface area contributed by atoms with Crippen LogP contribution in [0.25, 0.3) is 0 Å². The molecule has 138 valence electrons. The Kier molecular flexibility index (Phi) is 6.49. The van der Waals surface area contributed by atoms with Gasteiger partial charge in [-0.05, 0) is 51.0 Å². The molecule has 0 bridgehead atoms. The van der Waals surface area contributed by atoms with E-state index in [0.717, 1.165) is 38.6 Å². The van der Waals surface area contributed by atoms with Crippen LogP contribution in [0.5, 0.6) is 0 Å². The molecule has 1 aliphatic carbocycles. The molecule has 0 aromatic rings. The molecule has 2 amide bonds. The first-order chi connectivity index (χ1) is 11.3. The second kappa shape index (κ2) is 8.19. The van der Waals surface area contributed by atoms with Crippen LogP contribution >= 0.6 is 0 Å². The van der Waals surface area contributed by atoms with Gasteiger partial charge in [-0.1, -0.05) is 20.3 Å². The van der Waals surface area contributed by atoms with E-state index in [0.29, 0.717) is 12.0 Å². The van der Waals surface area contributed by atoms with Crippen molar-refractivity contribution in [1.82, 2.24) is 15.1 Å². The van der Waals surface area contributed by atoms with Gasteiger partial charge in [0.05, 0.1) is 6.54 Å². The summed E-state index contributed by atoms with van der Waals surface area (Å²) in [7, 11) is 1.86. The number of hydrogen-bond acceptors (Lipinski definition) is 3. The maximum Gasteiger partial charge on any atom is 0.317 e. The number of amides is 2. The summed E-state index contributed by atoms with van der Waals surface area (Å²) in [6.07, 6.45) is 7.26. The Balaban J connectivity index is 1.82. The van der Waals surface area contributed by atoms with Crippen molar-refractivity contribution in [3.05, 3.63) is 0 Å². The van der Waals surface area contributed by atoms with Crippen LogP contribution in [-0.2, 0) is 4.79 Å². The van der Waals surface area contributed by atoms with Gasteiger partial charge in [0.15, 0.2) is 0 Å². The number of carbonyl (C=O) groups is 2. The number of likely N-dealkylation sites (tertiary alicyclic amines) is 1. The van der Waals surface area contributed by atoms with Crippen molar-refractivity contribution < 1.29 is 14.7 Å². The fourth-order valence-electron chi connectivity index (χ4n) is 4.15. The smallest absolute Gasteiger partial charge is 0.317 e. The number of carbonyl (C=O) groups excluding carboxylic acids is 1. The highest BCUT2D eigenvalue weighted by atomic mass is 16.4. The molecule has 24 heavy (non-hydrogen) atoms. The van der Waals surface area contributed by atoms with E-state index in [9.17, 15) is 9.59 Å². The number of hydrogen-bond donors (Lipinski definition) is 2. The first kappa shape index (κ1) is 19.0. The largest absolute Gasteiger partial charge is 0.480 e. The van der Waals surface area contributed by atoms with Gasteiger partial charge in [0.25, 0.3) is 0 Å². The molecular formula is C18H33N3O3. The second-order valence-electron chi connectivity index (χ2n) is 8.29. The van der Waals surface area contributed by atoms with E-state index in [2.05, 4.69) is 19.2 Å². The molecule has 1 heterocycles.